The van der Waals surface area contributed by atoms with Crippen molar-refractivity contribution >= 4 is 5.70 Å². The van der Waals surface area contributed by atoms with Crippen LogP contribution in [-0.2, 0) is 29.2 Å². The lowest BCUT2D eigenvalue weighted by atomic mass is 10.0. The highest BCUT2D eigenvalue weighted by molar-refractivity contribution is 5.64. The Balaban J connectivity index is 2.03. The van der Waals surface area contributed by atoms with Gasteiger partial charge in [-0.3, -0.25) is 4.98 Å². The normalized spacial score (nSPS) is 11.9. The zero-order valence-electron chi connectivity index (χ0n) is 18.7. The third-order valence-electron chi connectivity index (χ3n) is 4.74. The zero-order chi connectivity index (χ0) is 21.9. The highest BCUT2D eigenvalue weighted by Crippen LogP contribution is 2.22. The molecule has 0 atom stereocenters. The van der Waals surface area contributed by atoms with Gasteiger partial charge in [0.1, 0.15) is 0 Å². The molecule has 6 nitrogen and oxygen atoms in total. The highest BCUT2D eigenvalue weighted by atomic mass is 16.5. The van der Waals surface area contributed by atoms with Gasteiger partial charge in [0.05, 0.1) is 36.8 Å². The molecule has 2 aromatic rings. The van der Waals surface area contributed by atoms with Crippen LogP contribution in [-0.4, -0.2) is 23.7 Å². The van der Waals surface area contributed by atoms with Crippen molar-refractivity contribution in [3.8, 4) is 0 Å². The Kier molecular flexibility index (Phi) is 9.80. The number of pyridine rings is 1. The largest absolute Gasteiger partial charge is 0.397 e. The smallest absolute Gasteiger partial charge is 0.0884 e. The van der Waals surface area contributed by atoms with Crippen LogP contribution in [0.3, 0.4) is 0 Å². The quantitative estimate of drug-likeness (QED) is 0.307. The van der Waals surface area contributed by atoms with Gasteiger partial charge in [0.2, 0.25) is 0 Å². The van der Waals surface area contributed by atoms with Crippen LogP contribution in [0.4, 0.5) is 0 Å². The fourth-order valence-electron chi connectivity index (χ4n) is 3.11. The summed E-state index contributed by atoms with van der Waals surface area (Å²) in [6, 6.07) is 12.2. The summed E-state index contributed by atoms with van der Waals surface area (Å²) in [5, 5.41) is 1.61. The van der Waals surface area contributed by atoms with Crippen LogP contribution in [0, 0.1) is 0 Å². The first-order valence-electron chi connectivity index (χ1n) is 10.6. The second-order valence-electron chi connectivity index (χ2n) is 7.80. The molecule has 0 unspecified atom stereocenters. The van der Waals surface area contributed by atoms with Crippen LogP contribution in [0.15, 0.2) is 42.6 Å². The van der Waals surface area contributed by atoms with E-state index in [1.165, 1.54) is 0 Å². The first-order chi connectivity index (χ1) is 14.4. The standard InChI is InChI=1S/C24H36N4O2/c1-5-6-13-30-16-20-9-7-19(8-10-20)14-28(26)15-23(25)22-12-11-21(17-29-4)27-24(22)18(2)3/h7-12,15,18H,5-6,13-14,16-17,25-26H2,1-4H3/b23-15-. The first kappa shape index (κ1) is 23.9. The molecule has 0 aliphatic rings. The SMILES string of the molecule is CCCCOCc1ccc(CN(N)/C=C(\N)c2ccc(COC)nc2C(C)C)cc1. The summed E-state index contributed by atoms with van der Waals surface area (Å²) in [6.07, 6.45) is 4.01. The van der Waals surface area contributed by atoms with E-state index in [0.717, 1.165) is 47.5 Å². The topological polar surface area (TPSA) is 86.6 Å². The molecular weight excluding hydrogens is 376 g/mol. The molecule has 0 saturated heterocycles. The van der Waals surface area contributed by atoms with Gasteiger partial charge in [-0.25, -0.2) is 5.84 Å². The van der Waals surface area contributed by atoms with Gasteiger partial charge in [-0.1, -0.05) is 51.5 Å². The maximum Gasteiger partial charge on any atom is 0.0884 e. The Morgan fingerprint density at radius 3 is 2.43 bits per heavy atom. The summed E-state index contributed by atoms with van der Waals surface area (Å²) in [6.45, 7) is 8.85. The number of hydrogen-bond donors (Lipinski definition) is 2. The number of nitrogens with two attached hydrogens (primary N) is 2. The van der Waals surface area contributed by atoms with E-state index < -0.39 is 0 Å². The summed E-state index contributed by atoms with van der Waals surface area (Å²) in [7, 11) is 1.66. The average molecular weight is 413 g/mol. The van der Waals surface area contributed by atoms with E-state index in [9.17, 15) is 0 Å². The van der Waals surface area contributed by atoms with E-state index in [1.807, 2.05) is 12.1 Å². The molecule has 1 aromatic carbocycles. The van der Waals surface area contributed by atoms with Gasteiger partial charge < -0.3 is 20.2 Å². The van der Waals surface area contributed by atoms with Crippen LogP contribution in [0.25, 0.3) is 5.70 Å². The summed E-state index contributed by atoms with van der Waals surface area (Å²) in [4.78, 5) is 4.70. The lowest BCUT2D eigenvalue weighted by molar-refractivity contribution is 0.118. The summed E-state index contributed by atoms with van der Waals surface area (Å²) in [5.74, 6) is 6.45. The summed E-state index contributed by atoms with van der Waals surface area (Å²) >= 11 is 0. The van der Waals surface area contributed by atoms with Crippen molar-refractivity contribution in [2.24, 2.45) is 11.6 Å². The van der Waals surface area contributed by atoms with Crippen LogP contribution < -0.4 is 11.6 Å². The number of nitrogens with zero attached hydrogens (tertiary/aromatic N) is 2. The molecule has 1 aromatic heterocycles. The number of methoxy groups -OCH3 is 1. The van der Waals surface area contributed by atoms with E-state index >= 15 is 0 Å². The summed E-state index contributed by atoms with van der Waals surface area (Å²) in [5.41, 5.74) is 12.0. The molecule has 1 heterocycles. The molecule has 0 bridgehead atoms. The molecule has 0 aliphatic carbocycles. The molecule has 4 N–H and O–H groups in total. The van der Waals surface area contributed by atoms with E-state index in [0.29, 0.717) is 25.5 Å². The second-order valence-corrected chi connectivity index (χ2v) is 7.80. The van der Waals surface area contributed by atoms with E-state index in [1.54, 1.807) is 18.3 Å². The molecule has 0 spiro atoms. The van der Waals surface area contributed by atoms with Crippen molar-refractivity contribution in [1.29, 1.82) is 0 Å². The Bertz CT molecular complexity index is 803. The average Bonchev–Trinajstić information content (AvgIpc) is 2.72. The van der Waals surface area contributed by atoms with Crippen LogP contribution in [0.2, 0.25) is 0 Å². The predicted octanol–water partition coefficient (Wildman–Crippen LogP) is 4.30. The van der Waals surface area contributed by atoms with Gasteiger partial charge in [0.25, 0.3) is 0 Å². The van der Waals surface area contributed by atoms with Crippen molar-refractivity contribution in [3.05, 3.63) is 70.7 Å². The molecular formula is C24H36N4O2. The minimum atomic E-state index is 0.238. The molecule has 0 fully saturated rings. The molecule has 0 aliphatic heterocycles. The lowest BCUT2D eigenvalue weighted by Crippen LogP contribution is -2.26. The van der Waals surface area contributed by atoms with Crippen molar-refractivity contribution < 1.29 is 9.47 Å². The molecule has 0 radical (unpaired) electrons. The zero-order valence-corrected chi connectivity index (χ0v) is 18.7. The third-order valence-corrected chi connectivity index (χ3v) is 4.74. The number of hydrogen-bond acceptors (Lipinski definition) is 6. The van der Waals surface area contributed by atoms with Gasteiger partial charge in [0.15, 0.2) is 0 Å². The number of rotatable bonds is 12. The monoisotopic (exact) mass is 412 g/mol. The fourth-order valence-corrected chi connectivity index (χ4v) is 3.11. The number of ether oxygens (including phenoxy) is 2. The molecule has 6 heteroatoms. The van der Waals surface area contributed by atoms with Crippen LogP contribution >= 0.6 is 0 Å². The third kappa shape index (κ3) is 7.44. The van der Waals surface area contributed by atoms with E-state index in [-0.39, 0.29) is 5.92 Å². The van der Waals surface area contributed by atoms with E-state index in [4.69, 9.17) is 26.0 Å². The molecule has 0 amide bonds. The molecule has 0 saturated carbocycles. The van der Waals surface area contributed by atoms with Gasteiger partial charge in [0, 0.05) is 25.5 Å². The first-order valence-corrected chi connectivity index (χ1v) is 10.6. The Labute approximate surface area is 180 Å². The second kappa shape index (κ2) is 12.3. The minimum absolute atomic E-state index is 0.238. The maximum absolute atomic E-state index is 6.37. The molecule has 2 rings (SSSR count). The Morgan fingerprint density at radius 2 is 1.80 bits per heavy atom. The van der Waals surface area contributed by atoms with Crippen molar-refractivity contribution in [2.75, 3.05) is 13.7 Å². The Morgan fingerprint density at radius 1 is 1.10 bits per heavy atom. The van der Waals surface area contributed by atoms with Gasteiger partial charge >= 0.3 is 0 Å². The fraction of sp³-hybridized carbons (Fsp3) is 0.458. The number of aromatic nitrogens is 1. The Hall–Kier alpha value is -2.41. The van der Waals surface area contributed by atoms with Gasteiger partial charge in [-0.05, 0) is 35.6 Å². The number of unbranched alkanes of at least 4 members (excludes halogenated alkanes) is 1. The van der Waals surface area contributed by atoms with Crippen molar-refractivity contribution in [3.63, 3.8) is 0 Å². The van der Waals surface area contributed by atoms with Crippen molar-refractivity contribution in [2.45, 2.75) is 59.3 Å². The minimum Gasteiger partial charge on any atom is -0.397 e. The molecule has 164 valence electrons. The van der Waals surface area contributed by atoms with Gasteiger partial charge in [-0.15, -0.1) is 0 Å². The van der Waals surface area contributed by atoms with Crippen molar-refractivity contribution in [1.82, 2.24) is 9.99 Å². The van der Waals surface area contributed by atoms with Gasteiger partial charge in [-0.2, -0.15) is 0 Å². The van der Waals surface area contributed by atoms with E-state index in [2.05, 4.69) is 45.0 Å². The molecule has 30 heavy (non-hydrogen) atoms. The lowest BCUT2D eigenvalue weighted by Gasteiger charge is -2.18. The predicted molar refractivity (Wildman–Crippen MR) is 122 cm³/mol. The summed E-state index contributed by atoms with van der Waals surface area (Å²) < 4.78 is 10.9. The highest BCUT2D eigenvalue weighted by Gasteiger charge is 2.12. The van der Waals surface area contributed by atoms with Crippen LogP contribution in [0.1, 0.15) is 67.6 Å². The number of benzene rings is 1. The van der Waals surface area contributed by atoms with Crippen LogP contribution in [0.5, 0.6) is 0 Å². The number of hydrazine groups is 1. The maximum atomic E-state index is 6.37.